The summed E-state index contributed by atoms with van der Waals surface area (Å²) in [5.41, 5.74) is 5.40. The first-order valence-corrected chi connectivity index (χ1v) is 7.27. The van der Waals surface area contributed by atoms with E-state index in [0.717, 1.165) is 18.2 Å². The second-order valence-corrected chi connectivity index (χ2v) is 5.50. The molecule has 1 saturated carbocycles. The molecular formula is C11H23N3OS. The molecule has 0 unspecified atom stereocenters. The molecule has 5 heteroatoms. The smallest absolute Gasteiger partial charge is 0.139 e. The van der Waals surface area contributed by atoms with Gasteiger partial charge in [-0.2, -0.15) is 11.8 Å². The van der Waals surface area contributed by atoms with E-state index in [4.69, 9.17) is 10.9 Å². The molecule has 0 aromatic rings. The molecule has 1 aliphatic rings. The highest BCUT2D eigenvalue weighted by Gasteiger charge is 2.19. The molecule has 16 heavy (non-hydrogen) atoms. The van der Waals surface area contributed by atoms with Crippen molar-refractivity contribution in [3.05, 3.63) is 0 Å². The van der Waals surface area contributed by atoms with Gasteiger partial charge in [0.15, 0.2) is 0 Å². The summed E-state index contributed by atoms with van der Waals surface area (Å²) in [6.45, 7) is 0.963. The highest BCUT2D eigenvalue weighted by molar-refractivity contribution is 7.99. The van der Waals surface area contributed by atoms with E-state index in [-0.39, 0.29) is 0 Å². The van der Waals surface area contributed by atoms with Crippen molar-refractivity contribution in [2.45, 2.75) is 49.8 Å². The first kappa shape index (κ1) is 13.6. The van der Waals surface area contributed by atoms with Crippen molar-refractivity contribution in [1.29, 1.82) is 0 Å². The zero-order valence-corrected chi connectivity index (χ0v) is 10.8. The molecular weight excluding hydrogens is 222 g/mol. The van der Waals surface area contributed by atoms with Gasteiger partial charge in [-0.05, 0) is 44.9 Å². The fourth-order valence-electron chi connectivity index (χ4n) is 2.13. The number of thioether (sulfide) groups is 1. The van der Waals surface area contributed by atoms with E-state index in [1.165, 1.54) is 25.7 Å². The fourth-order valence-corrected chi connectivity index (χ4v) is 2.87. The predicted octanol–water partition coefficient (Wildman–Crippen LogP) is 1.78. The Balaban J connectivity index is 2.02. The summed E-state index contributed by atoms with van der Waals surface area (Å²) in [7, 11) is 0. The molecule has 1 fully saturated rings. The van der Waals surface area contributed by atoms with Crippen molar-refractivity contribution in [2.24, 2.45) is 10.9 Å². The largest absolute Gasteiger partial charge is 0.409 e. The van der Waals surface area contributed by atoms with E-state index in [1.54, 1.807) is 0 Å². The second-order valence-electron chi connectivity index (χ2n) is 4.36. The van der Waals surface area contributed by atoms with Crippen LogP contribution in [0.2, 0.25) is 0 Å². The Hall–Kier alpha value is -0.420. The van der Waals surface area contributed by atoms with Crippen molar-refractivity contribution < 1.29 is 5.21 Å². The Morgan fingerprint density at radius 1 is 1.44 bits per heavy atom. The maximum Gasteiger partial charge on any atom is 0.139 e. The second kappa shape index (κ2) is 7.79. The average molecular weight is 245 g/mol. The molecule has 1 rings (SSSR count). The molecule has 0 spiro atoms. The van der Waals surface area contributed by atoms with Crippen molar-refractivity contribution in [1.82, 2.24) is 5.32 Å². The fraction of sp³-hybridized carbons (Fsp3) is 0.909. The van der Waals surface area contributed by atoms with Crippen molar-refractivity contribution >= 4 is 17.6 Å². The van der Waals surface area contributed by atoms with Crippen LogP contribution in [-0.4, -0.2) is 35.1 Å². The van der Waals surface area contributed by atoms with Crippen LogP contribution in [0, 0.1) is 0 Å². The van der Waals surface area contributed by atoms with Gasteiger partial charge < -0.3 is 16.3 Å². The van der Waals surface area contributed by atoms with Crippen LogP contribution < -0.4 is 11.1 Å². The van der Waals surface area contributed by atoms with Crippen LogP contribution in [0.5, 0.6) is 0 Å². The number of nitrogens with two attached hydrogens (primary N) is 1. The maximum absolute atomic E-state index is 8.38. The normalized spacial score (nSPS) is 26.9. The van der Waals surface area contributed by atoms with Crippen LogP contribution in [0.1, 0.15) is 38.5 Å². The van der Waals surface area contributed by atoms with Gasteiger partial charge in [-0.15, -0.1) is 0 Å². The summed E-state index contributed by atoms with van der Waals surface area (Å²) >= 11 is 2.00. The molecule has 0 atom stereocenters. The first-order valence-electron chi connectivity index (χ1n) is 5.99. The lowest BCUT2D eigenvalue weighted by molar-refractivity contribution is 0.316. The van der Waals surface area contributed by atoms with E-state index in [2.05, 4.69) is 16.7 Å². The number of hydrogen-bond acceptors (Lipinski definition) is 4. The molecule has 0 saturated heterocycles. The third-order valence-corrected chi connectivity index (χ3v) is 4.32. The van der Waals surface area contributed by atoms with Gasteiger partial charge in [0, 0.05) is 17.7 Å². The van der Waals surface area contributed by atoms with Gasteiger partial charge in [0.05, 0.1) is 0 Å². The Bertz CT molecular complexity index is 215. The van der Waals surface area contributed by atoms with Crippen LogP contribution >= 0.6 is 11.8 Å². The van der Waals surface area contributed by atoms with Gasteiger partial charge >= 0.3 is 0 Å². The zero-order chi connectivity index (χ0) is 11.8. The van der Waals surface area contributed by atoms with Crippen LogP contribution in [0.15, 0.2) is 5.16 Å². The van der Waals surface area contributed by atoms with E-state index in [9.17, 15) is 0 Å². The number of nitrogens with one attached hydrogen (secondary N) is 1. The number of oxime groups is 1. The summed E-state index contributed by atoms with van der Waals surface area (Å²) in [6.07, 6.45) is 9.06. The van der Waals surface area contributed by atoms with Crippen LogP contribution in [0.3, 0.4) is 0 Å². The SMILES string of the molecule is CSC1CCC(NCCCC(N)=NO)CC1. The minimum Gasteiger partial charge on any atom is -0.409 e. The highest BCUT2D eigenvalue weighted by atomic mass is 32.2. The molecule has 0 aromatic carbocycles. The number of amidine groups is 1. The van der Waals surface area contributed by atoms with E-state index < -0.39 is 0 Å². The van der Waals surface area contributed by atoms with Gasteiger partial charge in [-0.25, -0.2) is 0 Å². The highest BCUT2D eigenvalue weighted by Crippen LogP contribution is 2.26. The molecule has 0 aromatic heterocycles. The molecule has 0 heterocycles. The van der Waals surface area contributed by atoms with Crippen LogP contribution in [-0.2, 0) is 0 Å². The lowest BCUT2D eigenvalue weighted by Crippen LogP contribution is -2.34. The predicted molar refractivity (Wildman–Crippen MR) is 70.2 cm³/mol. The Labute approximate surface area is 102 Å². The Morgan fingerprint density at radius 3 is 2.69 bits per heavy atom. The molecule has 0 amide bonds. The van der Waals surface area contributed by atoms with Gasteiger partial charge in [0.2, 0.25) is 0 Å². The molecule has 0 aliphatic heterocycles. The molecule has 94 valence electrons. The van der Waals surface area contributed by atoms with Gasteiger partial charge in [0.1, 0.15) is 5.84 Å². The number of hydrogen-bond donors (Lipinski definition) is 3. The Kier molecular flexibility index (Phi) is 6.64. The van der Waals surface area contributed by atoms with Crippen molar-refractivity contribution in [2.75, 3.05) is 12.8 Å². The topological polar surface area (TPSA) is 70.6 Å². The van der Waals surface area contributed by atoms with E-state index in [0.29, 0.717) is 18.3 Å². The quantitative estimate of drug-likeness (QED) is 0.219. The molecule has 4 N–H and O–H groups in total. The summed E-state index contributed by atoms with van der Waals surface area (Å²) in [6, 6.07) is 0.677. The summed E-state index contributed by atoms with van der Waals surface area (Å²) in [5, 5.41) is 15.8. The van der Waals surface area contributed by atoms with Crippen LogP contribution in [0.4, 0.5) is 0 Å². The summed E-state index contributed by atoms with van der Waals surface area (Å²) in [4.78, 5) is 0. The maximum atomic E-state index is 8.38. The van der Waals surface area contributed by atoms with Gasteiger partial charge in [-0.1, -0.05) is 5.16 Å². The number of rotatable bonds is 6. The summed E-state index contributed by atoms with van der Waals surface area (Å²) < 4.78 is 0. The average Bonchev–Trinajstić information content (AvgIpc) is 2.35. The first-order chi connectivity index (χ1) is 7.76. The standard InChI is InChI=1S/C11H23N3OS/c1-16-10-6-4-9(5-7-10)13-8-2-3-11(12)14-15/h9-10,13,15H,2-8H2,1H3,(H2,12,14). The van der Waals surface area contributed by atoms with E-state index in [1.807, 2.05) is 11.8 Å². The van der Waals surface area contributed by atoms with Crippen molar-refractivity contribution in [3.8, 4) is 0 Å². The Morgan fingerprint density at radius 2 is 2.12 bits per heavy atom. The van der Waals surface area contributed by atoms with Crippen LogP contribution in [0.25, 0.3) is 0 Å². The lowest BCUT2D eigenvalue weighted by atomic mass is 9.95. The molecule has 4 nitrogen and oxygen atoms in total. The minimum absolute atomic E-state index is 0.327. The van der Waals surface area contributed by atoms with Crippen molar-refractivity contribution in [3.63, 3.8) is 0 Å². The third kappa shape index (κ3) is 5.07. The molecule has 0 radical (unpaired) electrons. The number of nitrogens with zero attached hydrogens (tertiary/aromatic N) is 1. The molecule has 1 aliphatic carbocycles. The summed E-state index contributed by atoms with van der Waals surface area (Å²) in [5.74, 6) is 0.327. The van der Waals surface area contributed by atoms with E-state index >= 15 is 0 Å². The third-order valence-electron chi connectivity index (χ3n) is 3.18. The van der Waals surface area contributed by atoms with Gasteiger partial charge in [0.25, 0.3) is 0 Å². The van der Waals surface area contributed by atoms with Gasteiger partial charge in [-0.3, -0.25) is 0 Å². The monoisotopic (exact) mass is 245 g/mol. The zero-order valence-electron chi connectivity index (χ0n) is 9.98. The minimum atomic E-state index is 0.327. The lowest BCUT2D eigenvalue weighted by Gasteiger charge is -2.28. The molecule has 0 bridgehead atoms.